The van der Waals surface area contributed by atoms with Gasteiger partial charge < -0.3 is 15.0 Å². The number of benzene rings is 2. The molecule has 29 heavy (non-hydrogen) atoms. The van der Waals surface area contributed by atoms with Crippen molar-refractivity contribution in [3.05, 3.63) is 71.5 Å². The first-order valence-electron chi connectivity index (χ1n) is 9.21. The Morgan fingerprint density at radius 2 is 1.69 bits per heavy atom. The van der Waals surface area contributed by atoms with Crippen LogP contribution >= 0.6 is 0 Å². The molecule has 1 N–H and O–H groups in total. The Bertz CT molecular complexity index is 1010. The number of anilines is 1. The van der Waals surface area contributed by atoms with Crippen molar-refractivity contribution in [2.24, 2.45) is 0 Å². The summed E-state index contributed by atoms with van der Waals surface area (Å²) in [4.78, 5) is 25.5. The number of hydrogen-bond acceptors (Lipinski definition) is 4. The van der Waals surface area contributed by atoms with Crippen LogP contribution in [0.25, 0.3) is 5.69 Å². The second kappa shape index (κ2) is 8.60. The van der Waals surface area contributed by atoms with E-state index in [2.05, 4.69) is 10.4 Å². The van der Waals surface area contributed by atoms with Crippen molar-refractivity contribution in [2.75, 3.05) is 26.0 Å². The molecule has 2 amide bonds. The van der Waals surface area contributed by atoms with Gasteiger partial charge in [-0.15, -0.1) is 0 Å². The van der Waals surface area contributed by atoms with Crippen LogP contribution in [0.15, 0.2) is 54.6 Å². The molecule has 0 spiro atoms. The Hall–Kier alpha value is -3.61. The van der Waals surface area contributed by atoms with Crippen LogP contribution in [0.1, 0.15) is 21.7 Å². The normalized spacial score (nSPS) is 10.5. The van der Waals surface area contributed by atoms with Crippen LogP contribution in [0.2, 0.25) is 0 Å². The number of nitrogens with one attached hydrogen (secondary N) is 1. The number of carbonyl (C=O) groups is 2. The molecular weight excluding hydrogens is 368 g/mol. The van der Waals surface area contributed by atoms with E-state index in [0.29, 0.717) is 17.0 Å². The first kappa shape index (κ1) is 20.1. The Kier molecular flexibility index (Phi) is 5.97. The topological polar surface area (TPSA) is 76.5 Å². The molecule has 2 aromatic carbocycles. The van der Waals surface area contributed by atoms with Crippen LogP contribution in [0.3, 0.4) is 0 Å². The predicted octanol–water partition coefficient (Wildman–Crippen LogP) is 3.21. The monoisotopic (exact) mass is 392 g/mol. The summed E-state index contributed by atoms with van der Waals surface area (Å²) < 4.78 is 7.27. The Labute approximate surface area is 169 Å². The van der Waals surface area contributed by atoms with Gasteiger partial charge in [-0.25, -0.2) is 4.68 Å². The summed E-state index contributed by atoms with van der Waals surface area (Å²) in [6.07, 6.45) is 0. The lowest BCUT2D eigenvalue weighted by Crippen LogP contribution is -2.27. The Morgan fingerprint density at radius 3 is 2.24 bits per heavy atom. The summed E-state index contributed by atoms with van der Waals surface area (Å²) >= 11 is 0. The maximum Gasteiger partial charge on any atom is 0.259 e. The van der Waals surface area contributed by atoms with Gasteiger partial charge in [0.2, 0.25) is 0 Å². The van der Waals surface area contributed by atoms with Crippen molar-refractivity contribution >= 4 is 17.5 Å². The first-order chi connectivity index (χ1) is 13.8. The second-order valence-electron chi connectivity index (χ2n) is 6.94. The van der Waals surface area contributed by atoms with Gasteiger partial charge in [-0.1, -0.05) is 0 Å². The molecule has 0 atom stereocenters. The maximum absolute atomic E-state index is 12.5. The van der Waals surface area contributed by atoms with Gasteiger partial charge >= 0.3 is 0 Å². The van der Waals surface area contributed by atoms with E-state index in [1.165, 1.54) is 4.90 Å². The minimum Gasteiger partial charge on any atom is -0.484 e. The fourth-order valence-electron chi connectivity index (χ4n) is 2.76. The summed E-state index contributed by atoms with van der Waals surface area (Å²) in [5, 5.41) is 7.30. The highest BCUT2D eigenvalue weighted by Crippen LogP contribution is 2.18. The highest BCUT2D eigenvalue weighted by molar-refractivity contribution is 6.04. The van der Waals surface area contributed by atoms with Crippen LogP contribution in [0, 0.1) is 13.8 Å². The molecule has 0 fully saturated rings. The molecule has 0 aliphatic heterocycles. The quantitative estimate of drug-likeness (QED) is 0.699. The predicted molar refractivity (Wildman–Crippen MR) is 112 cm³/mol. The van der Waals surface area contributed by atoms with E-state index in [1.807, 2.05) is 36.7 Å². The van der Waals surface area contributed by atoms with Gasteiger partial charge in [0, 0.05) is 31.0 Å². The number of aromatic nitrogens is 2. The molecule has 0 aliphatic rings. The minimum atomic E-state index is -0.207. The molecule has 7 heteroatoms. The molecule has 0 saturated carbocycles. The molecule has 1 heterocycles. The average Bonchev–Trinajstić information content (AvgIpc) is 3.05. The minimum absolute atomic E-state index is 0.0275. The molecule has 0 bridgehead atoms. The lowest BCUT2D eigenvalue weighted by molar-refractivity contribution is -0.130. The smallest absolute Gasteiger partial charge is 0.259 e. The number of hydrogen-bond donors (Lipinski definition) is 1. The van der Waals surface area contributed by atoms with Crippen molar-refractivity contribution in [2.45, 2.75) is 13.8 Å². The fourth-order valence-corrected chi connectivity index (χ4v) is 2.76. The van der Waals surface area contributed by atoms with Crippen molar-refractivity contribution in [1.82, 2.24) is 14.7 Å². The number of carbonyl (C=O) groups excluding carboxylic acids is 2. The Morgan fingerprint density at radius 1 is 1.03 bits per heavy atom. The number of likely N-dealkylation sites (N-methyl/N-ethyl adjacent to an activating group) is 1. The zero-order valence-electron chi connectivity index (χ0n) is 17.0. The zero-order chi connectivity index (χ0) is 21.0. The van der Waals surface area contributed by atoms with E-state index in [1.54, 1.807) is 50.5 Å². The third-order valence-electron chi connectivity index (χ3n) is 4.36. The summed E-state index contributed by atoms with van der Waals surface area (Å²) in [5.74, 6) is 0.236. The standard InChI is InChI=1S/C22H24N4O3/c1-15-13-16(2)26(24-15)19-9-5-17(6-10-19)22(28)23-18-7-11-20(12-8-18)29-14-21(27)25(3)4/h5-13H,14H2,1-4H3,(H,23,28). The van der Waals surface area contributed by atoms with E-state index in [9.17, 15) is 9.59 Å². The maximum atomic E-state index is 12.5. The summed E-state index contributed by atoms with van der Waals surface area (Å²) in [6.45, 7) is 3.91. The summed E-state index contributed by atoms with van der Waals surface area (Å²) in [5.41, 5.74) is 4.08. The number of rotatable bonds is 6. The fraction of sp³-hybridized carbons (Fsp3) is 0.227. The molecule has 3 rings (SSSR count). The van der Waals surface area contributed by atoms with Crippen LogP contribution < -0.4 is 10.1 Å². The van der Waals surface area contributed by atoms with Crippen molar-refractivity contribution in [1.29, 1.82) is 0 Å². The largest absolute Gasteiger partial charge is 0.484 e. The molecule has 1 aromatic heterocycles. The van der Waals surface area contributed by atoms with Gasteiger partial charge in [0.25, 0.3) is 11.8 Å². The van der Waals surface area contributed by atoms with Crippen LogP contribution in [0.5, 0.6) is 5.75 Å². The zero-order valence-corrected chi connectivity index (χ0v) is 17.0. The van der Waals surface area contributed by atoms with Crippen LogP contribution in [-0.4, -0.2) is 47.2 Å². The van der Waals surface area contributed by atoms with Crippen molar-refractivity contribution in [3.63, 3.8) is 0 Å². The highest BCUT2D eigenvalue weighted by Gasteiger charge is 2.09. The van der Waals surface area contributed by atoms with E-state index >= 15 is 0 Å². The number of amides is 2. The van der Waals surface area contributed by atoms with Gasteiger partial charge in [-0.3, -0.25) is 9.59 Å². The van der Waals surface area contributed by atoms with Crippen molar-refractivity contribution < 1.29 is 14.3 Å². The molecule has 0 aliphatic carbocycles. The van der Waals surface area contributed by atoms with E-state index in [-0.39, 0.29) is 18.4 Å². The van der Waals surface area contributed by atoms with Gasteiger partial charge in [0.1, 0.15) is 5.75 Å². The molecule has 0 radical (unpaired) electrons. The SMILES string of the molecule is Cc1cc(C)n(-c2ccc(C(=O)Nc3ccc(OCC(=O)N(C)C)cc3)cc2)n1. The molecule has 150 valence electrons. The number of aryl methyl sites for hydroxylation is 2. The van der Waals surface area contributed by atoms with E-state index in [0.717, 1.165) is 17.1 Å². The van der Waals surface area contributed by atoms with Gasteiger partial charge in [-0.2, -0.15) is 5.10 Å². The van der Waals surface area contributed by atoms with Crippen molar-refractivity contribution in [3.8, 4) is 11.4 Å². The van der Waals surface area contributed by atoms with E-state index < -0.39 is 0 Å². The lowest BCUT2D eigenvalue weighted by Gasteiger charge is -2.12. The number of nitrogens with zero attached hydrogens (tertiary/aromatic N) is 3. The first-order valence-corrected chi connectivity index (χ1v) is 9.21. The van der Waals surface area contributed by atoms with Gasteiger partial charge in [0.15, 0.2) is 6.61 Å². The van der Waals surface area contributed by atoms with E-state index in [4.69, 9.17) is 4.74 Å². The summed E-state index contributed by atoms with van der Waals surface area (Å²) in [7, 11) is 3.35. The molecular formula is C22H24N4O3. The third kappa shape index (κ3) is 5.01. The second-order valence-corrected chi connectivity index (χ2v) is 6.94. The molecule has 0 unspecified atom stereocenters. The highest BCUT2D eigenvalue weighted by atomic mass is 16.5. The van der Waals surface area contributed by atoms with Gasteiger partial charge in [0.05, 0.1) is 11.4 Å². The molecule has 7 nitrogen and oxygen atoms in total. The number of ether oxygens (including phenoxy) is 1. The summed E-state index contributed by atoms with van der Waals surface area (Å²) in [6, 6.07) is 16.2. The van der Waals surface area contributed by atoms with Gasteiger partial charge in [-0.05, 0) is 68.4 Å². The lowest BCUT2D eigenvalue weighted by atomic mass is 10.2. The molecule has 3 aromatic rings. The molecule has 0 saturated heterocycles. The third-order valence-corrected chi connectivity index (χ3v) is 4.36. The average molecular weight is 392 g/mol. The van der Waals surface area contributed by atoms with Crippen LogP contribution in [0.4, 0.5) is 5.69 Å². The Balaban J connectivity index is 1.61. The van der Waals surface area contributed by atoms with Crippen LogP contribution in [-0.2, 0) is 4.79 Å².